The first kappa shape index (κ1) is 15.2. The Labute approximate surface area is 131 Å². The maximum atomic E-state index is 12.5. The molecule has 0 radical (unpaired) electrons. The third-order valence-corrected chi connectivity index (χ3v) is 4.82. The second-order valence-corrected chi connectivity index (χ2v) is 6.57. The minimum atomic E-state index is -0.351. The highest BCUT2D eigenvalue weighted by atomic mass is 16.2. The molecule has 0 aromatic heterocycles. The normalized spacial score (nSPS) is 23.3. The zero-order chi connectivity index (χ0) is 15.5. The van der Waals surface area contributed by atoms with Crippen molar-refractivity contribution in [2.45, 2.75) is 51.5 Å². The van der Waals surface area contributed by atoms with Crippen molar-refractivity contribution in [3.8, 4) is 0 Å². The molecule has 3 rings (SSSR count). The Morgan fingerprint density at radius 3 is 2.45 bits per heavy atom. The highest BCUT2D eigenvalue weighted by molar-refractivity contribution is 6.22. The molecule has 1 saturated heterocycles. The molecule has 1 saturated carbocycles. The molecule has 1 unspecified atom stereocenters. The maximum Gasteiger partial charge on any atom is 0.251 e. The van der Waals surface area contributed by atoms with Crippen molar-refractivity contribution in [2.75, 3.05) is 11.4 Å². The Balaban J connectivity index is 1.62. The number of imide groups is 1. The lowest BCUT2D eigenvalue weighted by Crippen LogP contribution is -2.41. The number of benzene rings is 1. The van der Waals surface area contributed by atoms with Crippen molar-refractivity contribution < 1.29 is 9.59 Å². The van der Waals surface area contributed by atoms with Gasteiger partial charge in [-0.2, -0.15) is 0 Å². The minimum absolute atomic E-state index is 0.102. The van der Waals surface area contributed by atoms with E-state index in [2.05, 4.69) is 5.32 Å². The van der Waals surface area contributed by atoms with Crippen molar-refractivity contribution in [3.63, 3.8) is 0 Å². The van der Waals surface area contributed by atoms with Crippen LogP contribution in [0.1, 0.15) is 44.1 Å². The van der Waals surface area contributed by atoms with Crippen molar-refractivity contribution >= 4 is 17.5 Å². The van der Waals surface area contributed by atoms with Gasteiger partial charge in [0, 0.05) is 0 Å². The molecular weight excluding hydrogens is 276 g/mol. The van der Waals surface area contributed by atoms with Gasteiger partial charge < -0.3 is 5.32 Å². The van der Waals surface area contributed by atoms with Crippen LogP contribution in [0.5, 0.6) is 0 Å². The summed E-state index contributed by atoms with van der Waals surface area (Å²) >= 11 is 0. The van der Waals surface area contributed by atoms with E-state index in [-0.39, 0.29) is 24.3 Å². The zero-order valence-electron chi connectivity index (χ0n) is 13.2. The number of carbonyl (C=O) groups excluding carboxylic acids is 2. The van der Waals surface area contributed by atoms with Crippen LogP contribution in [-0.2, 0) is 9.59 Å². The number of anilines is 1. The summed E-state index contributed by atoms with van der Waals surface area (Å²) < 4.78 is 0. The van der Waals surface area contributed by atoms with Gasteiger partial charge in [-0.05, 0) is 44.4 Å². The Hall–Kier alpha value is -1.68. The Bertz CT molecular complexity index is 547. The molecule has 1 aromatic carbocycles. The quantitative estimate of drug-likeness (QED) is 0.870. The average Bonchev–Trinajstić information content (AvgIpc) is 2.82. The number of hydrogen-bond donors (Lipinski definition) is 1. The van der Waals surface area contributed by atoms with Gasteiger partial charge in [0.05, 0.1) is 18.2 Å². The van der Waals surface area contributed by atoms with Crippen LogP contribution in [0, 0.1) is 12.8 Å². The van der Waals surface area contributed by atoms with Gasteiger partial charge in [-0.15, -0.1) is 0 Å². The molecule has 1 N–H and O–H groups in total. The summed E-state index contributed by atoms with van der Waals surface area (Å²) in [5.74, 6) is 0.449. The Morgan fingerprint density at radius 1 is 1.09 bits per heavy atom. The van der Waals surface area contributed by atoms with Crippen molar-refractivity contribution in [1.82, 2.24) is 5.32 Å². The fraction of sp³-hybridized carbons (Fsp3) is 0.556. The van der Waals surface area contributed by atoms with Crippen molar-refractivity contribution in [2.24, 2.45) is 5.92 Å². The fourth-order valence-corrected chi connectivity index (χ4v) is 3.46. The van der Waals surface area contributed by atoms with Crippen LogP contribution >= 0.6 is 0 Å². The lowest BCUT2D eigenvalue weighted by atomic mass is 9.89. The molecule has 1 aliphatic carbocycles. The van der Waals surface area contributed by atoms with Crippen molar-refractivity contribution in [1.29, 1.82) is 0 Å². The Kier molecular flexibility index (Phi) is 4.57. The third kappa shape index (κ3) is 3.22. The predicted molar refractivity (Wildman–Crippen MR) is 86.7 cm³/mol. The molecule has 1 heterocycles. The first-order valence-corrected chi connectivity index (χ1v) is 8.32. The molecular formula is C18H24N2O2. The molecule has 1 aliphatic heterocycles. The standard InChI is InChI=1S/C18H24N2O2/c1-13-7-9-15(10-8-13)20-17(21)11-16(18(20)22)19-12-14-5-3-2-4-6-14/h7-10,14,16,19H,2-6,11-12H2,1H3. The number of nitrogens with zero attached hydrogens (tertiary/aromatic N) is 1. The summed E-state index contributed by atoms with van der Waals surface area (Å²) in [6.45, 7) is 2.84. The van der Waals surface area contributed by atoms with E-state index in [1.165, 1.54) is 37.0 Å². The van der Waals surface area contributed by atoms with Gasteiger partial charge in [0.15, 0.2) is 0 Å². The predicted octanol–water partition coefficient (Wildman–Crippen LogP) is 2.80. The number of carbonyl (C=O) groups is 2. The number of aryl methyl sites for hydroxylation is 1. The molecule has 118 valence electrons. The van der Waals surface area contributed by atoms with Gasteiger partial charge in [-0.1, -0.05) is 37.0 Å². The molecule has 2 amide bonds. The van der Waals surface area contributed by atoms with Gasteiger partial charge in [-0.3, -0.25) is 9.59 Å². The second kappa shape index (κ2) is 6.61. The Morgan fingerprint density at radius 2 is 1.77 bits per heavy atom. The van der Waals surface area contributed by atoms with Gasteiger partial charge in [-0.25, -0.2) is 4.90 Å². The summed E-state index contributed by atoms with van der Waals surface area (Å²) in [4.78, 5) is 26.0. The number of amides is 2. The summed E-state index contributed by atoms with van der Waals surface area (Å²) in [7, 11) is 0. The third-order valence-electron chi connectivity index (χ3n) is 4.82. The topological polar surface area (TPSA) is 49.4 Å². The molecule has 0 bridgehead atoms. The highest BCUT2D eigenvalue weighted by Crippen LogP contribution is 2.25. The van der Waals surface area contributed by atoms with Crippen LogP contribution in [0.25, 0.3) is 0 Å². The molecule has 22 heavy (non-hydrogen) atoms. The molecule has 2 fully saturated rings. The van der Waals surface area contributed by atoms with Crippen molar-refractivity contribution in [3.05, 3.63) is 29.8 Å². The number of hydrogen-bond acceptors (Lipinski definition) is 3. The van der Waals surface area contributed by atoms with E-state index < -0.39 is 0 Å². The first-order valence-electron chi connectivity index (χ1n) is 8.32. The first-order chi connectivity index (χ1) is 10.6. The maximum absolute atomic E-state index is 12.5. The lowest BCUT2D eigenvalue weighted by molar-refractivity contribution is -0.121. The van der Waals surface area contributed by atoms with Gasteiger partial charge in [0.1, 0.15) is 0 Å². The van der Waals surface area contributed by atoms with E-state index in [1.807, 2.05) is 31.2 Å². The number of rotatable bonds is 4. The fourth-order valence-electron chi connectivity index (χ4n) is 3.46. The molecule has 0 spiro atoms. The largest absolute Gasteiger partial charge is 0.305 e. The SMILES string of the molecule is Cc1ccc(N2C(=O)CC(NCC3CCCCC3)C2=O)cc1. The smallest absolute Gasteiger partial charge is 0.251 e. The van der Waals surface area contributed by atoms with E-state index in [9.17, 15) is 9.59 Å². The summed E-state index contributed by atoms with van der Waals surface area (Å²) in [5.41, 5.74) is 1.80. The molecule has 1 aromatic rings. The average molecular weight is 300 g/mol. The summed E-state index contributed by atoms with van der Waals surface area (Å²) in [6, 6.07) is 7.19. The summed E-state index contributed by atoms with van der Waals surface area (Å²) in [5, 5.41) is 3.33. The van der Waals surface area contributed by atoms with Crippen LogP contribution in [0.2, 0.25) is 0 Å². The van der Waals surface area contributed by atoms with Crippen LogP contribution in [0.3, 0.4) is 0 Å². The molecule has 4 nitrogen and oxygen atoms in total. The van der Waals surface area contributed by atoms with E-state index in [0.29, 0.717) is 11.6 Å². The van der Waals surface area contributed by atoms with Crippen LogP contribution in [0.4, 0.5) is 5.69 Å². The zero-order valence-corrected chi connectivity index (χ0v) is 13.2. The van der Waals surface area contributed by atoms with E-state index >= 15 is 0 Å². The van der Waals surface area contributed by atoms with Gasteiger partial charge in [0.2, 0.25) is 5.91 Å². The van der Waals surface area contributed by atoms with Crippen LogP contribution in [-0.4, -0.2) is 24.4 Å². The number of nitrogens with one attached hydrogen (secondary N) is 1. The second-order valence-electron chi connectivity index (χ2n) is 6.57. The van der Waals surface area contributed by atoms with Crippen LogP contribution in [0.15, 0.2) is 24.3 Å². The molecule has 2 aliphatic rings. The van der Waals surface area contributed by atoms with Gasteiger partial charge >= 0.3 is 0 Å². The van der Waals surface area contributed by atoms with E-state index in [0.717, 1.165) is 12.1 Å². The molecule has 4 heteroatoms. The van der Waals surface area contributed by atoms with Gasteiger partial charge in [0.25, 0.3) is 5.91 Å². The van der Waals surface area contributed by atoms with Crippen LogP contribution < -0.4 is 10.2 Å². The highest BCUT2D eigenvalue weighted by Gasteiger charge is 2.39. The van der Waals surface area contributed by atoms with E-state index in [1.54, 1.807) is 0 Å². The summed E-state index contributed by atoms with van der Waals surface area (Å²) in [6.07, 6.45) is 6.67. The monoisotopic (exact) mass is 300 g/mol. The molecule has 1 atom stereocenters. The minimum Gasteiger partial charge on any atom is -0.305 e. The van der Waals surface area contributed by atoms with E-state index in [4.69, 9.17) is 0 Å². The lowest BCUT2D eigenvalue weighted by Gasteiger charge is -2.23.